The monoisotopic (exact) mass is 214 g/mol. The minimum absolute atomic E-state index is 0.0166. The van der Waals surface area contributed by atoms with E-state index in [-0.39, 0.29) is 18.4 Å². The van der Waals surface area contributed by atoms with Gasteiger partial charge in [-0.2, -0.15) is 0 Å². The Morgan fingerprint density at radius 1 is 1.20 bits per heavy atom. The van der Waals surface area contributed by atoms with Gasteiger partial charge in [-0.3, -0.25) is 9.59 Å². The van der Waals surface area contributed by atoms with Crippen LogP contribution in [0, 0.1) is 5.92 Å². The highest BCUT2D eigenvalue weighted by Crippen LogP contribution is 2.15. The van der Waals surface area contributed by atoms with Crippen LogP contribution < -0.4 is 5.73 Å². The summed E-state index contributed by atoms with van der Waals surface area (Å²) in [6.07, 6.45) is 3.74. The molecule has 0 aliphatic rings. The summed E-state index contributed by atoms with van der Waals surface area (Å²) in [6.45, 7) is 4.14. The van der Waals surface area contributed by atoms with Crippen molar-refractivity contribution in [3.63, 3.8) is 0 Å². The normalized spacial score (nSPS) is 10.4. The first kappa shape index (κ1) is 13.9. The van der Waals surface area contributed by atoms with Crippen molar-refractivity contribution in [3.8, 4) is 0 Å². The predicted octanol–water partition coefficient (Wildman–Crippen LogP) is 1.15. The molecule has 0 unspecified atom stereocenters. The quantitative estimate of drug-likeness (QED) is 0.691. The second-order valence-corrected chi connectivity index (χ2v) is 3.93. The second-order valence-electron chi connectivity index (χ2n) is 3.93. The number of carbonyl (C=O) groups excluding carboxylic acids is 2. The van der Waals surface area contributed by atoms with Crippen molar-refractivity contribution >= 4 is 11.8 Å². The summed E-state index contributed by atoms with van der Waals surface area (Å²) in [5, 5.41) is 0. The summed E-state index contributed by atoms with van der Waals surface area (Å²) in [5.41, 5.74) is 5.05. The van der Waals surface area contributed by atoms with Crippen LogP contribution in [0.4, 0.5) is 0 Å². The average molecular weight is 214 g/mol. The number of nitrogens with zero attached hydrogens (tertiary/aromatic N) is 1. The summed E-state index contributed by atoms with van der Waals surface area (Å²) in [6, 6.07) is 0. The lowest BCUT2D eigenvalue weighted by atomic mass is 9.97. The molecular weight excluding hydrogens is 192 g/mol. The van der Waals surface area contributed by atoms with E-state index in [4.69, 9.17) is 5.73 Å². The van der Waals surface area contributed by atoms with Crippen LogP contribution in [0.2, 0.25) is 0 Å². The maximum Gasteiger partial charge on any atom is 0.237 e. The molecule has 4 nitrogen and oxygen atoms in total. The molecular formula is C11H22N2O2. The summed E-state index contributed by atoms with van der Waals surface area (Å²) >= 11 is 0. The first-order valence-electron chi connectivity index (χ1n) is 5.56. The molecule has 0 radical (unpaired) electrons. The van der Waals surface area contributed by atoms with Gasteiger partial charge in [0.05, 0.1) is 6.54 Å². The standard InChI is InChI=1S/C11H22N2O2/c1-4-6-9(7-5-2)11(15)13(3)8-10(12)14/h9H,4-8H2,1-3H3,(H2,12,14). The molecule has 2 amide bonds. The number of likely N-dealkylation sites (N-methyl/N-ethyl adjacent to an activating group) is 1. The van der Waals surface area contributed by atoms with Crippen molar-refractivity contribution in [1.82, 2.24) is 4.90 Å². The summed E-state index contributed by atoms with van der Waals surface area (Å²) in [7, 11) is 1.63. The Labute approximate surface area is 91.8 Å². The molecule has 0 saturated heterocycles. The van der Waals surface area contributed by atoms with Crippen molar-refractivity contribution in [2.24, 2.45) is 11.7 Å². The molecule has 0 aliphatic heterocycles. The van der Waals surface area contributed by atoms with Gasteiger partial charge in [0.25, 0.3) is 0 Å². The molecule has 0 aromatic rings. The number of hydrogen-bond acceptors (Lipinski definition) is 2. The molecule has 0 atom stereocenters. The summed E-state index contributed by atoms with van der Waals surface area (Å²) in [4.78, 5) is 24.0. The number of carbonyl (C=O) groups is 2. The van der Waals surface area contributed by atoms with Gasteiger partial charge in [-0.1, -0.05) is 26.7 Å². The smallest absolute Gasteiger partial charge is 0.237 e. The van der Waals surface area contributed by atoms with Crippen LogP contribution >= 0.6 is 0 Å². The average Bonchev–Trinajstić information content (AvgIpc) is 2.15. The number of primary amides is 1. The van der Waals surface area contributed by atoms with E-state index in [9.17, 15) is 9.59 Å². The molecule has 15 heavy (non-hydrogen) atoms. The Morgan fingerprint density at radius 2 is 1.67 bits per heavy atom. The Hall–Kier alpha value is -1.06. The molecule has 0 saturated carbocycles. The van der Waals surface area contributed by atoms with Crippen LogP contribution in [-0.4, -0.2) is 30.3 Å². The van der Waals surface area contributed by atoms with Gasteiger partial charge in [0.1, 0.15) is 0 Å². The highest BCUT2D eigenvalue weighted by Gasteiger charge is 2.21. The summed E-state index contributed by atoms with van der Waals surface area (Å²) < 4.78 is 0. The third-order valence-corrected chi connectivity index (χ3v) is 2.39. The molecule has 0 aromatic carbocycles. The van der Waals surface area contributed by atoms with Gasteiger partial charge in [-0.25, -0.2) is 0 Å². The SMILES string of the molecule is CCCC(CCC)C(=O)N(C)CC(N)=O. The molecule has 0 bridgehead atoms. The van der Waals surface area contributed by atoms with E-state index < -0.39 is 5.91 Å². The molecule has 0 heterocycles. The van der Waals surface area contributed by atoms with E-state index in [0.29, 0.717) is 0 Å². The van der Waals surface area contributed by atoms with E-state index in [1.54, 1.807) is 7.05 Å². The predicted molar refractivity (Wildman–Crippen MR) is 60.1 cm³/mol. The van der Waals surface area contributed by atoms with Gasteiger partial charge in [-0.15, -0.1) is 0 Å². The van der Waals surface area contributed by atoms with Crippen LogP contribution in [-0.2, 0) is 9.59 Å². The van der Waals surface area contributed by atoms with Gasteiger partial charge in [0.2, 0.25) is 11.8 Å². The van der Waals surface area contributed by atoms with Crippen molar-refractivity contribution in [2.45, 2.75) is 39.5 Å². The fourth-order valence-corrected chi connectivity index (χ4v) is 1.71. The second kappa shape index (κ2) is 7.26. The maximum atomic E-state index is 11.9. The van der Waals surface area contributed by atoms with Gasteiger partial charge in [0.15, 0.2) is 0 Å². The lowest BCUT2D eigenvalue weighted by Crippen LogP contribution is -2.38. The molecule has 2 N–H and O–H groups in total. The van der Waals surface area contributed by atoms with Crippen molar-refractivity contribution in [1.29, 1.82) is 0 Å². The summed E-state index contributed by atoms with van der Waals surface area (Å²) in [5.74, 6) is -0.376. The van der Waals surface area contributed by atoms with Gasteiger partial charge >= 0.3 is 0 Å². The largest absolute Gasteiger partial charge is 0.368 e. The Balaban J connectivity index is 4.27. The molecule has 4 heteroatoms. The van der Waals surface area contributed by atoms with E-state index in [2.05, 4.69) is 13.8 Å². The number of nitrogens with two attached hydrogens (primary N) is 1. The molecule has 88 valence electrons. The maximum absolute atomic E-state index is 11.9. The first-order chi connectivity index (χ1) is 7.02. The van der Waals surface area contributed by atoms with Crippen molar-refractivity contribution < 1.29 is 9.59 Å². The van der Waals surface area contributed by atoms with Crippen LogP contribution in [0.3, 0.4) is 0 Å². The molecule has 0 spiro atoms. The Kier molecular flexibility index (Phi) is 6.75. The van der Waals surface area contributed by atoms with Gasteiger partial charge in [-0.05, 0) is 12.8 Å². The fraction of sp³-hybridized carbons (Fsp3) is 0.818. The van der Waals surface area contributed by atoms with Crippen molar-refractivity contribution in [2.75, 3.05) is 13.6 Å². The highest BCUT2D eigenvalue weighted by molar-refractivity contribution is 5.84. The minimum Gasteiger partial charge on any atom is -0.368 e. The van der Waals surface area contributed by atoms with E-state index >= 15 is 0 Å². The third-order valence-electron chi connectivity index (χ3n) is 2.39. The number of rotatable bonds is 7. The van der Waals surface area contributed by atoms with Crippen LogP contribution in [0.1, 0.15) is 39.5 Å². The number of amides is 2. The van der Waals surface area contributed by atoms with E-state index in [1.807, 2.05) is 0 Å². The lowest BCUT2D eigenvalue weighted by Gasteiger charge is -2.22. The Bertz CT molecular complexity index is 211. The Morgan fingerprint density at radius 3 is 2.00 bits per heavy atom. The third kappa shape index (κ3) is 5.40. The van der Waals surface area contributed by atoms with Crippen molar-refractivity contribution in [3.05, 3.63) is 0 Å². The highest BCUT2D eigenvalue weighted by atomic mass is 16.2. The van der Waals surface area contributed by atoms with E-state index in [1.165, 1.54) is 4.90 Å². The topological polar surface area (TPSA) is 63.4 Å². The molecule has 0 fully saturated rings. The van der Waals surface area contributed by atoms with Gasteiger partial charge < -0.3 is 10.6 Å². The van der Waals surface area contributed by atoms with Crippen LogP contribution in [0.25, 0.3) is 0 Å². The van der Waals surface area contributed by atoms with Crippen LogP contribution in [0.5, 0.6) is 0 Å². The zero-order valence-electron chi connectivity index (χ0n) is 9.95. The zero-order chi connectivity index (χ0) is 11.8. The molecule has 0 aliphatic carbocycles. The van der Waals surface area contributed by atoms with Crippen LogP contribution in [0.15, 0.2) is 0 Å². The first-order valence-corrected chi connectivity index (χ1v) is 5.56. The molecule has 0 rings (SSSR count). The lowest BCUT2D eigenvalue weighted by molar-refractivity contribution is -0.137. The fourth-order valence-electron chi connectivity index (χ4n) is 1.71. The zero-order valence-corrected chi connectivity index (χ0v) is 9.95. The van der Waals surface area contributed by atoms with E-state index in [0.717, 1.165) is 25.7 Å². The molecule has 0 aromatic heterocycles. The van der Waals surface area contributed by atoms with Gasteiger partial charge in [0, 0.05) is 13.0 Å². The minimum atomic E-state index is -0.461. The number of hydrogen-bond donors (Lipinski definition) is 1.